The summed E-state index contributed by atoms with van der Waals surface area (Å²) in [7, 11) is -4.96. The predicted octanol–water partition coefficient (Wildman–Crippen LogP) is -0.462. The maximum absolute atomic E-state index is 13.9. The molecule has 5 atom stereocenters. The molecule has 0 spiro atoms. The van der Waals surface area contributed by atoms with Crippen LogP contribution in [0.15, 0.2) is 21.9 Å². The van der Waals surface area contributed by atoms with Gasteiger partial charge < -0.3 is 29.3 Å². The molecule has 1 unspecified atom stereocenters. The number of aliphatic hydroxyl groups excluding tert-OH is 1. The Bertz CT molecular complexity index is 978. The third kappa shape index (κ3) is 5.81. The molecule has 0 aromatic carbocycles. The standard InChI is InChI=1S/C16H24FN2O12P/c1-9(2)30-14(23)27-8-29-32(25,26)28-7-16(6-17)11(21)15(3,24)12(31-16)19-5-4-10(20)18-13(19)22/h4-5,9,11-12,21,24H,6-8H2,1-3H3,(H,25,26)(H,18,20,22)/t11-,12+,15+,16+/m0/s1. The van der Waals surface area contributed by atoms with Gasteiger partial charge in [-0.05, 0) is 20.8 Å². The largest absolute Gasteiger partial charge is 0.510 e. The summed E-state index contributed by atoms with van der Waals surface area (Å²) in [6, 6.07) is 0.930. The SMILES string of the molecule is CC(C)OC(=O)OCOP(=O)(O)OC[C@@]1(CF)O[C@@H](n2ccc(=O)[nH]c2=O)[C@](C)(O)[C@@H]1O. The lowest BCUT2D eigenvalue weighted by Gasteiger charge is -2.30. The number of carbonyl (C=O) groups excluding carboxylic acids is 1. The second kappa shape index (κ2) is 9.79. The molecule has 2 heterocycles. The Balaban J connectivity index is 2.12. The smallest absolute Gasteiger partial charge is 0.432 e. The summed E-state index contributed by atoms with van der Waals surface area (Å²) in [5.74, 6) is 0. The summed E-state index contributed by atoms with van der Waals surface area (Å²) < 4.78 is 50.1. The highest BCUT2D eigenvalue weighted by molar-refractivity contribution is 7.47. The van der Waals surface area contributed by atoms with E-state index < -0.39 is 74.9 Å². The van der Waals surface area contributed by atoms with E-state index >= 15 is 0 Å². The molecule has 16 heteroatoms. The summed E-state index contributed by atoms with van der Waals surface area (Å²) in [5, 5.41) is 21.2. The molecule has 182 valence electrons. The van der Waals surface area contributed by atoms with Gasteiger partial charge in [-0.2, -0.15) is 0 Å². The first-order chi connectivity index (χ1) is 14.7. The van der Waals surface area contributed by atoms with Crippen LogP contribution in [0.2, 0.25) is 0 Å². The first-order valence-electron chi connectivity index (χ1n) is 9.15. The molecule has 1 aliphatic rings. The Morgan fingerprint density at radius 3 is 2.62 bits per heavy atom. The molecule has 1 aliphatic heterocycles. The van der Waals surface area contributed by atoms with E-state index in [1.807, 2.05) is 4.98 Å². The second-order valence-corrected chi connectivity index (χ2v) is 8.82. The van der Waals surface area contributed by atoms with Gasteiger partial charge in [-0.25, -0.2) is 23.1 Å². The number of H-pyrrole nitrogens is 1. The van der Waals surface area contributed by atoms with Crippen LogP contribution in [0.25, 0.3) is 0 Å². The number of aliphatic hydroxyl groups is 2. The summed E-state index contributed by atoms with van der Waals surface area (Å²) in [5.41, 5.74) is -6.46. The van der Waals surface area contributed by atoms with Crippen LogP contribution < -0.4 is 11.2 Å². The predicted molar refractivity (Wildman–Crippen MR) is 101 cm³/mol. The summed E-state index contributed by atoms with van der Waals surface area (Å²) in [4.78, 5) is 46.1. The van der Waals surface area contributed by atoms with E-state index in [1.54, 1.807) is 0 Å². The van der Waals surface area contributed by atoms with Crippen molar-refractivity contribution in [3.8, 4) is 0 Å². The molecule has 0 aliphatic carbocycles. The Morgan fingerprint density at radius 1 is 1.41 bits per heavy atom. The monoisotopic (exact) mass is 486 g/mol. The van der Waals surface area contributed by atoms with Gasteiger partial charge in [0.2, 0.25) is 6.79 Å². The average Bonchev–Trinajstić information content (AvgIpc) is 2.87. The molecule has 2 rings (SSSR count). The van der Waals surface area contributed by atoms with E-state index in [0.29, 0.717) is 4.57 Å². The maximum atomic E-state index is 13.9. The van der Waals surface area contributed by atoms with Crippen LogP contribution in [-0.4, -0.2) is 74.3 Å². The van der Waals surface area contributed by atoms with Crippen molar-refractivity contribution in [1.82, 2.24) is 9.55 Å². The second-order valence-electron chi connectivity index (χ2n) is 7.36. The van der Waals surface area contributed by atoms with Gasteiger partial charge in [0.25, 0.3) is 5.56 Å². The molecule has 0 bridgehead atoms. The van der Waals surface area contributed by atoms with Crippen LogP contribution in [-0.2, 0) is 27.8 Å². The number of phosphoric acid groups is 1. The van der Waals surface area contributed by atoms with E-state index in [-0.39, 0.29) is 0 Å². The number of hydrogen-bond acceptors (Lipinski definition) is 11. The quantitative estimate of drug-likeness (QED) is 0.199. The molecule has 4 N–H and O–H groups in total. The van der Waals surface area contributed by atoms with Crippen LogP contribution in [0.4, 0.5) is 9.18 Å². The number of nitrogens with zero attached hydrogens (tertiary/aromatic N) is 1. The van der Waals surface area contributed by atoms with Crippen molar-refractivity contribution in [3.63, 3.8) is 0 Å². The van der Waals surface area contributed by atoms with Crippen LogP contribution in [0.3, 0.4) is 0 Å². The number of halogens is 1. The van der Waals surface area contributed by atoms with E-state index in [4.69, 9.17) is 4.74 Å². The number of alkyl halides is 1. The van der Waals surface area contributed by atoms with Crippen molar-refractivity contribution in [1.29, 1.82) is 0 Å². The van der Waals surface area contributed by atoms with Crippen LogP contribution in [0.1, 0.15) is 27.0 Å². The zero-order valence-corrected chi connectivity index (χ0v) is 18.2. The molecular weight excluding hydrogens is 462 g/mol. The number of hydrogen-bond donors (Lipinski definition) is 4. The van der Waals surface area contributed by atoms with Gasteiger partial charge in [0.1, 0.15) is 18.4 Å². The fourth-order valence-electron chi connectivity index (χ4n) is 2.88. The minimum absolute atomic E-state index is 0.513. The van der Waals surface area contributed by atoms with Crippen molar-refractivity contribution in [2.45, 2.75) is 50.4 Å². The van der Waals surface area contributed by atoms with Crippen molar-refractivity contribution in [2.75, 3.05) is 20.1 Å². The topological polar surface area (TPSA) is 196 Å². The third-order valence-electron chi connectivity index (χ3n) is 4.42. The minimum atomic E-state index is -4.96. The van der Waals surface area contributed by atoms with E-state index in [0.717, 1.165) is 19.2 Å². The molecular formula is C16H24FN2O12P. The zero-order chi connectivity index (χ0) is 24.3. The van der Waals surface area contributed by atoms with Gasteiger partial charge in [-0.15, -0.1) is 0 Å². The summed E-state index contributed by atoms with van der Waals surface area (Å²) in [6.07, 6.45) is -4.49. The van der Waals surface area contributed by atoms with Gasteiger partial charge in [-0.3, -0.25) is 18.9 Å². The highest BCUT2D eigenvalue weighted by Crippen LogP contribution is 2.49. The van der Waals surface area contributed by atoms with E-state index in [2.05, 4.69) is 18.5 Å². The molecule has 1 aromatic heterocycles. The molecule has 1 saturated heterocycles. The fourth-order valence-corrected chi connectivity index (χ4v) is 3.52. The number of phosphoric ester groups is 1. The highest BCUT2D eigenvalue weighted by Gasteiger charge is 2.62. The van der Waals surface area contributed by atoms with Gasteiger partial charge in [0.15, 0.2) is 11.8 Å². The van der Waals surface area contributed by atoms with E-state index in [1.165, 1.54) is 13.8 Å². The number of ether oxygens (including phenoxy) is 3. The lowest BCUT2D eigenvalue weighted by Crippen LogP contribution is -2.53. The Hall–Kier alpha value is -2.13. The van der Waals surface area contributed by atoms with E-state index in [9.17, 15) is 38.4 Å². The number of carbonyl (C=O) groups is 1. The molecule has 0 saturated carbocycles. The summed E-state index contributed by atoms with van der Waals surface area (Å²) >= 11 is 0. The Morgan fingerprint density at radius 2 is 2.06 bits per heavy atom. The zero-order valence-electron chi connectivity index (χ0n) is 17.3. The lowest BCUT2D eigenvalue weighted by atomic mass is 9.88. The van der Waals surface area contributed by atoms with Crippen molar-refractivity contribution in [3.05, 3.63) is 33.1 Å². The number of aromatic nitrogens is 2. The van der Waals surface area contributed by atoms with Gasteiger partial charge >= 0.3 is 19.7 Å². The molecule has 1 fully saturated rings. The highest BCUT2D eigenvalue weighted by atomic mass is 31.2. The van der Waals surface area contributed by atoms with Crippen LogP contribution in [0, 0.1) is 0 Å². The fraction of sp³-hybridized carbons (Fsp3) is 0.688. The van der Waals surface area contributed by atoms with Crippen molar-refractivity contribution < 1.29 is 52.1 Å². The Kier molecular flexibility index (Phi) is 7.99. The molecule has 1 aromatic rings. The first kappa shape index (κ1) is 26.1. The van der Waals surface area contributed by atoms with Crippen molar-refractivity contribution >= 4 is 14.0 Å². The minimum Gasteiger partial charge on any atom is -0.432 e. The van der Waals surface area contributed by atoms with Gasteiger partial charge in [0, 0.05) is 12.3 Å². The number of aromatic amines is 1. The average molecular weight is 486 g/mol. The maximum Gasteiger partial charge on any atom is 0.510 e. The summed E-state index contributed by atoms with van der Waals surface area (Å²) in [6.45, 7) is 0.429. The van der Waals surface area contributed by atoms with Gasteiger partial charge in [-0.1, -0.05) is 0 Å². The molecule has 32 heavy (non-hydrogen) atoms. The number of rotatable bonds is 9. The molecule has 14 nitrogen and oxygen atoms in total. The number of nitrogens with one attached hydrogen (secondary N) is 1. The normalized spacial score (nSPS) is 29.6. The molecule has 0 radical (unpaired) electrons. The van der Waals surface area contributed by atoms with Crippen LogP contribution >= 0.6 is 7.82 Å². The third-order valence-corrected chi connectivity index (χ3v) is 5.31. The van der Waals surface area contributed by atoms with Crippen molar-refractivity contribution in [2.24, 2.45) is 0 Å². The lowest BCUT2D eigenvalue weighted by molar-refractivity contribution is -0.139. The first-order valence-corrected chi connectivity index (χ1v) is 10.6. The Labute approximate surface area is 180 Å². The molecule has 0 amide bonds. The van der Waals surface area contributed by atoms with Gasteiger partial charge in [0.05, 0.1) is 12.7 Å². The van der Waals surface area contributed by atoms with Crippen LogP contribution in [0.5, 0.6) is 0 Å².